The fourth-order valence-corrected chi connectivity index (χ4v) is 2.80. The summed E-state index contributed by atoms with van der Waals surface area (Å²) < 4.78 is 2.09. The maximum absolute atomic E-state index is 11.6. The number of benzene rings is 1. The molecule has 1 heterocycles. The zero-order valence-electron chi connectivity index (χ0n) is 12.9. The lowest BCUT2D eigenvalue weighted by Crippen LogP contribution is -2.04. The molecule has 0 radical (unpaired) electrons. The maximum atomic E-state index is 11.6. The number of fused-ring (bicyclic) bond motifs is 1. The summed E-state index contributed by atoms with van der Waals surface area (Å²) in [6.45, 7) is 5.61. The topological polar surface area (TPSA) is 68.2 Å². The molecule has 0 bridgehead atoms. The summed E-state index contributed by atoms with van der Waals surface area (Å²) in [6.07, 6.45) is 5.82. The van der Waals surface area contributed by atoms with Crippen LogP contribution in [0.25, 0.3) is 10.9 Å². The summed E-state index contributed by atoms with van der Waals surface area (Å²) in [4.78, 5) is 11.6. The fourth-order valence-electron chi connectivity index (χ4n) is 2.80. The van der Waals surface area contributed by atoms with Crippen LogP contribution in [0.1, 0.15) is 48.2 Å². The average Bonchev–Trinajstić information content (AvgIpc) is 2.82. The molecule has 0 saturated heterocycles. The molecular weight excluding hydrogens is 264 g/mol. The molecule has 114 valence electrons. The highest BCUT2D eigenvalue weighted by Gasteiger charge is 2.17. The Bertz CT molecular complexity index is 644. The van der Waals surface area contributed by atoms with Gasteiger partial charge < -0.3 is 15.4 Å². The number of carbonyl (C=O) groups is 1. The Hall–Kier alpha value is -1.81. The Morgan fingerprint density at radius 3 is 2.67 bits per heavy atom. The number of unbranched alkanes of at least 4 members (excludes halogenated alkanes) is 1. The van der Waals surface area contributed by atoms with Gasteiger partial charge in [-0.3, -0.25) is 0 Å². The predicted molar refractivity (Wildman–Crippen MR) is 85.9 cm³/mol. The summed E-state index contributed by atoms with van der Waals surface area (Å²) >= 11 is 0. The van der Waals surface area contributed by atoms with E-state index in [0.29, 0.717) is 12.1 Å². The van der Waals surface area contributed by atoms with Crippen molar-refractivity contribution in [3.8, 4) is 0 Å². The van der Waals surface area contributed by atoms with Gasteiger partial charge in [0.15, 0.2) is 0 Å². The first-order chi connectivity index (χ1) is 10.1. The molecule has 0 saturated carbocycles. The molecule has 0 unspecified atom stereocenters. The monoisotopic (exact) mass is 288 g/mol. The Morgan fingerprint density at radius 1 is 1.33 bits per heavy atom. The van der Waals surface area contributed by atoms with Gasteiger partial charge in [0.1, 0.15) is 0 Å². The summed E-state index contributed by atoms with van der Waals surface area (Å²) in [7, 11) is 0. The lowest BCUT2D eigenvalue weighted by Gasteiger charge is -2.08. The molecule has 0 fully saturated rings. The van der Waals surface area contributed by atoms with Crippen molar-refractivity contribution in [1.29, 1.82) is 0 Å². The van der Waals surface area contributed by atoms with Gasteiger partial charge in [0, 0.05) is 18.1 Å². The van der Waals surface area contributed by atoms with Crippen LogP contribution >= 0.6 is 0 Å². The van der Waals surface area contributed by atoms with Crippen LogP contribution in [0.3, 0.4) is 0 Å². The standard InChI is InChI=1S/C17H24N2O2/c1-3-5-8-19-11-13(6-7-18)14-9-12(4-2)10-15(16(14)19)17(20)21/h9-11H,3-8,18H2,1-2H3,(H,20,21). The fraction of sp³-hybridized carbons (Fsp3) is 0.471. The average molecular weight is 288 g/mol. The van der Waals surface area contributed by atoms with Gasteiger partial charge in [-0.15, -0.1) is 0 Å². The lowest BCUT2D eigenvalue weighted by atomic mass is 10.0. The van der Waals surface area contributed by atoms with E-state index < -0.39 is 5.97 Å². The van der Waals surface area contributed by atoms with Crippen LogP contribution in [0.2, 0.25) is 0 Å². The molecule has 1 aromatic carbocycles. The number of carboxylic acids is 1. The van der Waals surface area contributed by atoms with Crippen molar-refractivity contribution in [3.05, 3.63) is 35.0 Å². The smallest absolute Gasteiger partial charge is 0.337 e. The molecule has 1 aromatic heterocycles. The van der Waals surface area contributed by atoms with Crippen molar-refractivity contribution in [2.75, 3.05) is 6.54 Å². The Labute approximate surface area is 125 Å². The van der Waals surface area contributed by atoms with E-state index >= 15 is 0 Å². The van der Waals surface area contributed by atoms with Gasteiger partial charge in [-0.25, -0.2) is 4.79 Å². The van der Waals surface area contributed by atoms with Crippen LogP contribution in [0, 0.1) is 0 Å². The first-order valence-corrected chi connectivity index (χ1v) is 7.70. The molecule has 0 atom stereocenters. The van der Waals surface area contributed by atoms with E-state index in [2.05, 4.69) is 23.8 Å². The minimum atomic E-state index is -0.856. The number of nitrogens with two attached hydrogens (primary N) is 1. The van der Waals surface area contributed by atoms with E-state index in [0.717, 1.165) is 54.3 Å². The number of carboxylic acid groups (broad SMARTS) is 1. The van der Waals surface area contributed by atoms with Crippen molar-refractivity contribution in [2.24, 2.45) is 5.73 Å². The van der Waals surface area contributed by atoms with Crippen LogP contribution in [-0.4, -0.2) is 22.2 Å². The summed E-state index contributed by atoms with van der Waals surface area (Å²) in [5.41, 5.74) is 9.17. The molecule has 2 aromatic rings. The number of nitrogens with zero attached hydrogens (tertiary/aromatic N) is 1. The van der Waals surface area contributed by atoms with E-state index in [1.807, 2.05) is 6.92 Å². The first kappa shape index (κ1) is 15.6. The largest absolute Gasteiger partial charge is 0.478 e. The van der Waals surface area contributed by atoms with Gasteiger partial charge in [0.2, 0.25) is 0 Å². The van der Waals surface area contributed by atoms with Crippen molar-refractivity contribution >= 4 is 16.9 Å². The zero-order valence-corrected chi connectivity index (χ0v) is 12.9. The van der Waals surface area contributed by atoms with Crippen molar-refractivity contribution in [2.45, 2.75) is 46.1 Å². The molecule has 0 aliphatic rings. The van der Waals surface area contributed by atoms with Gasteiger partial charge in [-0.1, -0.05) is 20.3 Å². The number of aryl methyl sites for hydroxylation is 2. The molecule has 0 aliphatic carbocycles. The van der Waals surface area contributed by atoms with Gasteiger partial charge in [-0.05, 0) is 49.1 Å². The van der Waals surface area contributed by atoms with Gasteiger partial charge >= 0.3 is 5.97 Å². The van der Waals surface area contributed by atoms with Crippen LogP contribution in [0.5, 0.6) is 0 Å². The molecule has 0 spiro atoms. The molecule has 0 aliphatic heterocycles. The number of hydrogen-bond donors (Lipinski definition) is 2. The third-order valence-electron chi connectivity index (χ3n) is 3.92. The summed E-state index contributed by atoms with van der Waals surface area (Å²) in [5.74, 6) is -0.856. The van der Waals surface area contributed by atoms with Crippen LogP contribution < -0.4 is 5.73 Å². The second-order valence-corrected chi connectivity index (χ2v) is 5.44. The van der Waals surface area contributed by atoms with Crippen LogP contribution in [0.15, 0.2) is 18.3 Å². The van der Waals surface area contributed by atoms with E-state index in [-0.39, 0.29) is 0 Å². The predicted octanol–water partition coefficient (Wildman–Crippen LogP) is 3.20. The highest BCUT2D eigenvalue weighted by Crippen LogP contribution is 2.28. The highest BCUT2D eigenvalue weighted by atomic mass is 16.4. The molecule has 0 amide bonds. The molecular formula is C17H24N2O2. The SMILES string of the molecule is CCCCn1cc(CCN)c2cc(CC)cc(C(=O)O)c21. The number of aromatic nitrogens is 1. The minimum absolute atomic E-state index is 0.406. The maximum Gasteiger partial charge on any atom is 0.337 e. The highest BCUT2D eigenvalue weighted by molar-refractivity contribution is 6.03. The Balaban J connectivity index is 2.69. The van der Waals surface area contributed by atoms with Crippen molar-refractivity contribution in [3.63, 3.8) is 0 Å². The lowest BCUT2D eigenvalue weighted by molar-refractivity contribution is 0.0698. The van der Waals surface area contributed by atoms with Crippen LogP contribution in [-0.2, 0) is 19.4 Å². The third-order valence-corrected chi connectivity index (χ3v) is 3.92. The van der Waals surface area contributed by atoms with E-state index in [9.17, 15) is 9.90 Å². The van der Waals surface area contributed by atoms with Crippen LogP contribution in [0.4, 0.5) is 0 Å². The second kappa shape index (κ2) is 6.76. The Kier molecular flexibility index (Phi) is 5.02. The quantitative estimate of drug-likeness (QED) is 0.822. The van der Waals surface area contributed by atoms with Crippen molar-refractivity contribution in [1.82, 2.24) is 4.57 Å². The van der Waals surface area contributed by atoms with E-state index in [1.165, 1.54) is 0 Å². The normalized spacial score (nSPS) is 11.2. The minimum Gasteiger partial charge on any atom is -0.478 e. The van der Waals surface area contributed by atoms with Gasteiger partial charge in [0.05, 0.1) is 11.1 Å². The molecule has 21 heavy (non-hydrogen) atoms. The molecule has 3 N–H and O–H groups in total. The zero-order chi connectivity index (χ0) is 15.4. The second-order valence-electron chi connectivity index (χ2n) is 5.44. The molecule has 4 nitrogen and oxygen atoms in total. The summed E-state index contributed by atoms with van der Waals surface area (Å²) in [5, 5.41) is 10.6. The molecule has 4 heteroatoms. The number of aromatic carboxylic acids is 1. The number of rotatable bonds is 7. The third kappa shape index (κ3) is 3.10. The Morgan fingerprint density at radius 2 is 2.10 bits per heavy atom. The van der Waals surface area contributed by atoms with E-state index in [1.54, 1.807) is 6.07 Å². The molecule has 2 rings (SSSR count). The first-order valence-electron chi connectivity index (χ1n) is 7.70. The number of hydrogen-bond acceptors (Lipinski definition) is 2. The summed E-state index contributed by atoms with van der Waals surface area (Å²) in [6, 6.07) is 3.93. The van der Waals surface area contributed by atoms with E-state index in [4.69, 9.17) is 5.73 Å². The van der Waals surface area contributed by atoms with Crippen molar-refractivity contribution < 1.29 is 9.90 Å². The van der Waals surface area contributed by atoms with Gasteiger partial charge in [-0.2, -0.15) is 0 Å². The van der Waals surface area contributed by atoms with Gasteiger partial charge in [0.25, 0.3) is 0 Å².